The van der Waals surface area contributed by atoms with Crippen LogP contribution in [0, 0.1) is 0 Å². The number of hydrogen-bond acceptors (Lipinski definition) is 4. The number of furan rings is 1. The minimum absolute atomic E-state index is 0.0222. The van der Waals surface area contributed by atoms with Gasteiger partial charge in [0.2, 0.25) is 0 Å². The van der Waals surface area contributed by atoms with E-state index in [-0.39, 0.29) is 12.1 Å². The van der Waals surface area contributed by atoms with Gasteiger partial charge in [0, 0.05) is 53.6 Å². The second kappa shape index (κ2) is 9.67. The van der Waals surface area contributed by atoms with Crippen LogP contribution in [-0.4, -0.2) is 43.2 Å². The fourth-order valence-corrected chi connectivity index (χ4v) is 5.48. The van der Waals surface area contributed by atoms with Crippen molar-refractivity contribution in [2.45, 2.75) is 25.9 Å². The van der Waals surface area contributed by atoms with Crippen LogP contribution in [0.15, 0.2) is 89.3 Å². The molecule has 0 radical (unpaired) electrons. The third-order valence-electron chi connectivity index (χ3n) is 7.36. The lowest BCUT2D eigenvalue weighted by atomic mass is 10.1. The minimum Gasteiger partial charge on any atom is -0.456 e. The molecule has 0 spiro atoms. The number of carbonyl (C=O) groups is 1. The van der Waals surface area contributed by atoms with E-state index in [9.17, 15) is 4.79 Å². The summed E-state index contributed by atoms with van der Waals surface area (Å²) in [6, 6.07) is 28.8. The molecule has 0 aliphatic carbocycles. The van der Waals surface area contributed by atoms with Gasteiger partial charge in [-0.3, -0.25) is 9.69 Å². The summed E-state index contributed by atoms with van der Waals surface area (Å²) >= 11 is 0. The van der Waals surface area contributed by atoms with Gasteiger partial charge < -0.3 is 14.6 Å². The molecule has 5 nitrogen and oxygen atoms in total. The first-order chi connectivity index (χ1) is 17.7. The zero-order valence-corrected chi connectivity index (χ0v) is 20.6. The van der Waals surface area contributed by atoms with Crippen LogP contribution in [0.3, 0.4) is 0 Å². The molecule has 1 unspecified atom stereocenters. The molecule has 1 amide bonds. The van der Waals surface area contributed by atoms with Crippen molar-refractivity contribution in [2.24, 2.45) is 0 Å². The van der Waals surface area contributed by atoms with Crippen molar-refractivity contribution in [2.75, 3.05) is 31.1 Å². The number of piperazine rings is 1. The first-order valence-corrected chi connectivity index (χ1v) is 12.9. The maximum atomic E-state index is 13.3. The number of benzene rings is 4. The highest BCUT2D eigenvalue weighted by Crippen LogP contribution is 2.30. The zero-order valence-electron chi connectivity index (χ0n) is 20.6. The third-order valence-corrected chi connectivity index (χ3v) is 7.36. The predicted molar refractivity (Wildman–Crippen MR) is 148 cm³/mol. The number of nitrogens with zero attached hydrogens (tertiary/aromatic N) is 2. The fourth-order valence-electron chi connectivity index (χ4n) is 5.48. The van der Waals surface area contributed by atoms with Crippen molar-refractivity contribution in [3.8, 4) is 0 Å². The van der Waals surface area contributed by atoms with Crippen LogP contribution in [0.1, 0.15) is 30.1 Å². The van der Waals surface area contributed by atoms with Crippen LogP contribution in [0.2, 0.25) is 0 Å². The summed E-state index contributed by atoms with van der Waals surface area (Å²) in [6.45, 7) is 5.89. The highest BCUT2D eigenvalue weighted by Gasteiger charge is 2.26. The molecule has 5 heteroatoms. The Morgan fingerprint density at radius 1 is 0.833 bits per heavy atom. The van der Waals surface area contributed by atoms with Gasteiger partial charge in [0.25, 0.3) is 5.91 Å². The molecule has 5 aromatic rings. The number of amides is 1. The fraction of sp³-hybridized carbons (Fsp3) is 0.258. The topological polar surface area (TPSA) is 48.7 Å². The van der Waals surface area contributed by atoms with Gasteiger partial charge in [-0.25, -0.2) is 0 Å². The van der Waals surface area contributed by atoms with Crippen LogP contribution in [0.25, 0.3) is 32.7 Å². The Hall–Kier alpha value is -3.83. The maximum absolute atomic E-state index is 13.3. The number of fused-ring (bicyclic) bond motifs is 4. The molecule has 2 heterocycles. The van der Waals surface area contributed by atoms with Crippen molar-refractivity contribution >= 4 is 44.3 Å². The van der Waals surface area contributed by atoms with Gasteiger partial charge in [0.05, 0.1) is 6.17 Å². The smallest absolute Gasteiger partial charge is 0.252 e. The number of para-hydroxylation sites is 1. The molecule has 1 aliphatic rings. The van der Waals surface area contributed by atoms with Gasteiger partial charge in [-0.15, -0.1) is 0 Å². The average Bonchev–Trinajstić information content (AvgIpc) is 3.30. The van der Waals surface area contributed by atoms with Gasteiger partial charge in [0.1, 0.15) is 11.2 Å². The van der Waals surface area contributed by atoms with E-state index in [1.54, 1.807) is 0 Å². The largest absolute Gasteiger partial charge is 0.456 e. The first kappa shape index (κ1) is 22.6. The van der Waals surface area contributed by atoms with Gasteiger partial charge >= 0.3 is 0 Å². The van der Waals surface area contributed by atoms with E-state index in [0.29, 0.717) is 5.56 Å². The normalized spacial score (nSPS) is 15.5. The summed E-state index contributed by atoms with van der Waals surface area (Å²) in [5, 5.41) is 7.92. The van der Waals surface area contributed by atoms with Crippen LogP contribution in [0.4, 0.5) is 5.69 Å². The Kier molecular flexibility index (Phi) is 6.08. The summed E-state index contributed by atoms with van der Waals surface area (Å²) in [5.74, 6) is -0.0304. The van der Waals surface area contributed by atoms with E-state index in [1.165, 1.54) is 16.5 Å². The standard InChI is InChI=1S/C31H31N3O2/c1-2-8-30(32-31(35)23-15-16-29-26(21-23)25-12-5-6-14-28(25)36-29)34-19-17-33(18-20-34)27-13-7-10-22-9-3-4-11-24(22)27/h3-7,9-16,21,30H,2,8,17-20H2,1H3,(H,32,35). The Bertz CT molecular complexity index is 1530. The molecule has 6 rings (SSSR count). The Balaban J connectivity index is 1.17. The van der Waals surface area contributed by atoms with Crippen LogP contribution < -0.4 is 10.2 Å². The van der Waals surface area contributed by atoms with Gasteiger partial charge in [-0.1, -0.05) is 67.9 Å². The minimum atomic E-state index is -0.0304. The third kappa shape index (κ3) is 4.20. The van der Waals surface area contributed by atoms with E-state index in [0.717, 1.165) is 61.0 Å². The molecule has 0 bridgehead atoms. The maximum Gasteiger partial charge on any atom is 0.252 e. The Labute approximate surface area is 211 Å². The molecule has 36 heavy (non-hydrogen) atoms. The van der Waals surface area contributed by atoms with E-state index >= 15 is 0 Å². The van der Waals surface area contributed by atoms with E-state index in [4.69, 9.17) is 4.42 Å². The van der Waals surface area contributed by atoms with Crippen LogP contribution in [0.5, 0.6) is 0 Å². The number of nitrogens with one attached hydrogen (secondary N) is 1. The predicted octanol–water partition coefficient (Wildman–Crippen LogP) is 6.42. The molecule has 1 aliphatic heterocycles. The lowest BCUT2D eigenvalue weighted by Crippen LogP contribution is -2.56. The second-order valence-electron chi connectivity index (χ2n) is 9.61. The molecular formula is C31H31N3O2. The molecule has 1 fully saturated rings. The number of hydrogen-bond donors (Lipinski definition) is 1. The number of rotatable bonds is 6. The lowest BCUT2D eigenvalue weighted by molar-refractivity contribution is 0.0824. The zero-order chi connectivity index (χ0) is 24.5. The van der Waals surface area contributed by atoms with Crippen LogP contribution in [-0.2, 0) is 0 Å². The van der Waals surface area contributed by atoms with Crippen molar-refractivity contribution in [3.63, 3.8) is 0 Å². The molecule has 1 N–H and O–H groups in total. The average molecular weight is 478 g/mol. The molecule has 1 atom stereocenters. The van der Waals surface area contributed by atoms with Crippen molar-refractivity contribution in [3.05, 3.63) is 90.5 Å². The molecule has 1 saturated heterocycles. The number of carbonyl (C=O) groups excluding carboxylic acids is 1. The van der Waals surface area contributed by atoms with E-state index in [2.05, 4.69) is 64.5 Å². The molecule has 4 aromatic carbocycles. The van der Waals surface area contributed by atoms with E-state index in [1.807, 2.05) is 42.5 Å². The summed E-state index contributed by atoms with van der Waals surface area (Å²) in [7, 11) is 0. The quantitative estimate of drug-likeness (QED) is 0.307. The summed E-state index contributed by atoms with van der Waals surface area (Å²) in [5.41, 5.74) is 3.62. The lowest BCUT2D eigenvalue weighted by Gasteiger charge is -2.40. The molecular weight excluding hydrogens is 446 g/mol. The summed E-state index contributed by atoms with van der Waals surface area (Å²) in [4.78, 5) is 18.2. The SMILES string of the molecule is CCCC(NC(=O)c1ccc2oc3ccccc3c2c1)N1CCN(c2cccc3ccccc23)CC1. The van der Waals surface area contributed by atoms with Gasteiger partial charge in [0.15, 0.2) is 0 Å². The van der Waals surface area contributed by atoms with Gasteiger partial charge in [-0.05, 0) is 42.1 Å². The number of anilines is 1. The highest BCUT2D eigenvalue weighted by molar-refractivity contribution is 6.08. The van der Waals surface area contributed by atoms with Crippen molar-refractivity contribution < 1.29 is 9.21 Å². The first-order valence-electron chi connectivity index (χ1n) is 12.9. The van der Waals surface area contributed by atoms with E-state index < -0.39 is 0 Å². The van der Waals surface area contributed by atoms with Crippen molar-refractivity contribution in [1.82, 2.24) is 10.2 Å². The van der Waals surface area contributed by atoms with Crippen molar-refractivity contribution in [1.29, 1.82) is 0 Å². The summed E-state index contributed by atoms with van der Waals surface area (Å²) < 4.78 is 5.93. The molecule has 182 valence electrons. The Morgan fingerprint density at radius 2 is 1.56 bits per heavy atom. The molecule has 0 saturated carbocycles. The summed E-state index contributed by atoms with van der Waals surface area (Å²) in [6.07, 6.45) is 1.96. The second-order valence-corrected chi connectivity index (χ2v) is 9.61. The van der Waals surface area contributed by atoms with Crippen LogP contribution >= 0.6 is 0 Å². The highest BCUT2D eigenvalue weighted by atomic mass is 16.3. The monoisotopic (exact) mass is 477 g/mol. The molecule has 1 aromatic heterocycles. The van der Waals surface area contributed by atoms with Gasteiger partial charge in [-0.2, -0.15) is 0 Å². The Morgan fingerprint density at radius 3 is 2.39 bits per heavy atom.